The number of carboxylic acids is 1. The van der Waals surface area contributed by atoms with E-state index in [1.165, 1.54) is 25.1 Å². The fourth-order valence-corrected chi connectivity index (χ4v) is 2.64. The van der Waals surface area contributed by atoms with Gasteiger partial charge in [-0.15, -0.1) is 6.07 Å². The van der Waals surface area contributed by atoms with Gasteiger partial charge < -0.3 is 5.11 Å². The van der Waals surface area contributed by atoms with E-state index in [2.05, 4.69) is 22.1 Å². The topological polar surface area (TPSA) is 80.9 Å². The number of para-hydroxylation sites is 1. The van der Waals surface area contributed by atoms with Crippen molar-refractivity contribution in [2.45, 2.75) is 25.7 Å². The molecule has 0 amide bonds. The summed E-state index contributed by atoms with van der Waals surface area (Å²) in [5.74, 6) is -0.990. The first-order valence-electron chi connectivity index (χ1n) is 8.16. The zero-order valence-electron chi connectivity index (χ0n) is 14.1. The molecule has 1 aliphatic carbocycles. The van der Waals surface area contributed by atoms with Crippen molar-refractivity contribution in [3.05, 3.63) is 78.2 Å². The van der Waals surface area contributed by atoms with E-state index < -0.39 is 5.97 Å². The summed E-state index contributed by atoms with van der Waals surface area (Å²) in [7, 11) is 0. The Balaban J connectivity index is 0.000000210. The number of benzene rings is 1. The van der Waals surface area contributed by atoms with E-state index in [4.69, 9.17) is 5.11 Å². The minimum absolute atomic E-state index is 0. The van der Waals surface area contributed by atoms with Crippen molar-refractivity contribution in [3.8, 4) is 5.69 Å². The van der Waals surface area contributed by atoms with Crippen LogP contribution < -0.4 is 0 Å². The molecule has 137 valence electrons. The van der Waals surface area contributed by atoms with Crippen molar-refractivity contribution in [1.29, 1.82) is 0 Å². The Morgan fingerprint density at radius 2 is 1.62 bits per heavy atom. The molecule has 0 saturated carbocycles. The molecule has 2 heterocycles. The van der Waals surface area contributed by atoms with Gasteiger partial charge in [0, 0.05) is 26.3 Å². The summed E-state index contributed by atoms with van der Waals surface area (Å²) in [6.45, 7) is 4.00. The summed E-state index contributed by atoms with van der Waals surface area (Å²) in [6.07, 6.45) is 6.04. The van der Waals surface area contributed by atoms with Crippen LogP contribution in [-0.2, 0) is 32.9 Å². The zero-order valence-corrected chi connectivity index (χ0v) is 16.5. The predicted octanol–water partition coefficient (Wildman–Crippen LogP) is 3.11. The monoisotopic (exact) mass is 528 g/mol. The van der Waals surface area contributed by atoms with E-state index in [0.29, 0.717) is 0 Å². The number of pyridine rings is 1. The second-order valence-electron chi connectivity index (χ2n) is 5.74. The summed E-state index contributed by atoms with van der Waals surface area (Å²) < 4.78 is 0. The molecule has 0 fully saturated rings. The van der Waals surface area contributed by atoms with E-state index in [-0.39, 0.29) is 25.8 Å². The van der Waals surface area contributed by atoms with Gasteiger partial charge in [-0.1, -0.05) is 18.2 Å². The van der Waals surface area contributed by atoms with Crippen LogP contribution in [0.25, 0.3) is 5.69 Å². The molecule has 0 unspecified atom stereocenters. The molecule has 0 spiro atoms. The van der Waals surface area contributed by atoms with Gasteiger partial charge in [-0.25, -0.2) is 14.6 Å². The number of carbonyl (C=O) groups is 1. The maximum atomic E-state index is 10.1. The van der Waals surface area contributed by atoms with Crippen molar-refractivity contribution in [1.82, 2.24) is 20.0 Å². The third-order valence-electron chi connectivity index (χ3n) is 3.93. The van der Waals surface area contributed by atoms with E-state index in [1.807, 2.05) is 24.3 Å². The summed E-state index contributed by atoms with van der Waals surface area (Å²) in [5, 5.41) is 17.4. The van der Waals surface area contributed by atoms with Gasteiger partial charge in [-0.3, -0.25) is 0 Å². The third kappa shape index (κ3) is 4.77. The van der Waals surface area contributed by atoms with Gasteiger partial charge in [0.05, 0.1) is 11.4 Å². The maximum Gasteiger partial charge on any atom is 0.354 e. The van der Waals surface area contributed by atoms with Gasteiger partial charge in [0.1, 0.15) is 5.69 Å². The Labute approximate surface area is 165 Å². The number of fused-ring (bicyclic) bond motifs is 1. The molecule has 1 aliphatic rings. The predicted molar refractivity (Wildman–Crippen MR) is 93.7 cm³/mol. The van der Waals surface area contributed by atoms with Crippen molar-refractivity contribution >= 4 is 5.97 Å². The normalized spacial score (nSPS) is 12.2. The van der Waals surface area contributed by atoms with Gasteiger partial charge in [-0.2, -0.15) is 28.8 Å². The number of aromatic carboxylic acids is 1. The van der Waals surface area contributed by atoms with Crippen LogP contribution >= 0.6 is 0 Å². The van der Waals surface area contributed by atoms with Crippen molar-refractivity contribution in [2.24, 2.45) is 0 Å². The number of rotatable bonds is 2. The zero-order chi connectivity index (χ0) is 17.6. The first-order chi connectivity index (χ1) is 12.1. The molecule has 0 saturated heterocycles. The van der Waals surface area contributed by atoms with E-state index in [0.717, 1.165) is 35.5 Å². The van der Waals surface area contributed by atoms with E-state index in [1.54, 1.807) is 16.9 Å². The van der Waals surface area contributed by atoms with Crippen LogP contribution in [0.5, 0.6) is 0 Å². The van der Waals surface area contributed by atoms with Gasteiger partial charge in [0.15, 0.2) is 0 Å². The molecule has 0 aliphatic heterocycles. The second-order valence-corrected chi connectivity index (χ2v) is 5.74. The second kappa shape index (κ2) is 9.27. The molecule has 26 heavy (non-hydrogen) atoms. The maximum absolute atomic E-state index is 10.1. The molecule has 0 bridgehead atoms. The molecule has 3 aromatic rings. The van der Waals surface area contributed by atoms with E-state index >= 15 is 0 Å². The molecular formula is C19H19IrN4O2-. The summed E-state index contributed by atoms with van der Waals surface area (Å²) in [6, 6.07) is 12.7. The minimum atomic E-state index is -0.990. The molecule has 6 nitrogen and oxygen atoms in total. The van der Waals surface area contributed by atoms with Gasteiger partial charge in [0.2, 0.25) is 0 Å². The average Bonchev–Trinajstić information content (AvgIpc) is 3.07. The number of nitrogens with zero attached hydrogens (tertiary/aromatic N) is 4. The number of hydrogen-bond donors (Lipinski definition) is 1. The fraction of sp³-hybridized carbons (Fsp3) is 0.211. The summed E-state index contributed by atoms with van der Waals surface area (Å²) >= 11 is 0. The molecule has 2 aromatic heterocycles. The third-order valence-corrected chi connectivity index (χ3v) is 3.93. The van der Waals surface area contributed by atoms with Crippen LogP contribution in [0.2, 0.25) is 0 Å². The summed E-state index contributed by atoms with van der Waals surface area (Å²) in [4.78, 5) is 15.5. The fourth-order valence-electron chi connectivity index (χ4n) is 2.64. The van der Waals surface area contributed by atoms with E-state index in [9.17, 15) is 4.79 Å². The largest absolute Gasteiger partial charge is 0.477 e. The van der Waals surface area contributed by atoms with Crippen LogP contribution in [0, 0.1) is 6.92 Å². The van der Waals surface area contributed by atoms with Crippen LogP contribution in [0.15, 0.2) is 48.7 Å². The van der Waals surface area contributed by atoms with Crippen LogP contribution in [0.3, 0.4) is 0 Å². The van der Waals surface area contributed by atoms with Crippen LogP contribution in [0.4, 0.5) is 0 Å². The molecule has 1 N–H and O–H groups in total. The number of aryl methyl sites for hydroxylation is 2. The molecule has 4 rings (SSSR count). The Bertz CT molecular complexity index is 841. The number of carboxylic acid groups (broad SMARTS) is 1. The van der Waals surface area contributed by atoms with Crippen LogP contribution in [-0.4, -0.2) is 31.1 Å². The molecular weight excluding hydrogens is 508 g/mol. The van der Waals surface area contributed by atoms with Gasteiger partial charge in [0.25, 0.3) is 0 Å². The van der Waals surface area contributed by atoms with Crippen LogP contribution in [0.1, 0.15) is 40.3 Å². The molecule has 1 radical (unpaired) electrons. The minimum Gasteiger partial charge on any atom is -0.477 e. The Morgan fingerprint density at radius 3 is 2.12 bits per heavy atom. The van der Waals surface area contributed by atoms with Crippen molar-refractivity contribution < 1.29 is 30.0 Å². The number of aromatic nitrogens is 4. The SMILES string of the molecule is O=C(O)c1ccccn1.[CH2-]c1ccccc1-n1nc2c(n1)CCCC2.[Ir]. The first kappa shape index (κ1) is 19.8. The number of hydrogen-bond acceptors (Lipinski definition) is 4. The summed E-state index contributed by atoms with van der Waals surface area (Å²) in [5.41, 5.74) is 4.35. The molecule has 0 atom stereocenters. The van der Waals surface area contributed by atoms with Gasteiger partial charge in [-0.05, 0) is 43.5 Å². The standard InChI is InChI=1S/C13H14N3.C6H5NO2.Ir/c1-10-6-2-5-9-13(10)16-14-11-7-3-4-8-12(11)15-16;8-6(9)5-3-1-2-4-7-5;/h2,5-6,9H,1,3-4,7-8H2;1-4H,(H,8,9);/q-1;;. The van der Waals surface area contributed by atoms with Gasteiger partial charge >= 0.3 is 5.97 Å². The Hall–Kier alpha value is -2.50. The Morgan fingerprint density at radius 1 is 1.00 bits per heavy atom. The average molecular weight is 528 g/mol. The molecule has 7 heteroatoms. The molecule has 1 aromatic carbocycles. The first-order valence-corrected chi connectivity index (χ1v) is 8.16. The van der Waals surface area contributed by atoms with Crippen molar-refractivity contribution in [3.63, 3.8) is 0 Å². The quantitative estimate of drug-likeness (QED) is 0.518. The smallest absolute Gasteiger partial charge is 0.354 e. The Kier molecular flexibility index (Phi) is 7.06. The van der Waals surface area contributed by atoms with Crippen molar-refractivity contribution in [2.75, 3.05) is 0 Å².